The maximum absolute atomic E-state index is 12.6. The van der Waals surface area contributed by atoms with E-state index in [1.165, 1.54) is 0 Å². The summed E-state index contributed by atoms with van der Waals surface area (Å²) in [5, 5.41) is 17.7. The van der Waals surface area contributed by atoms with E-state index in [2.05, 4.69) is 16.0 Å². The summed E-state index contributed by atoms with van der Waals surface area (Å²) >= 11 is 0. The van der Waals surface area contributed by atoms with Crippen molar-refractivity contribution in [3.63, 3.8) is 0 Å². The van der Waals surface area contributed by atoms with Gasteiger partial charge in [-0.2, -0.15) is 0 Å². The number of carbonyl (C=O) groups is 3. The maximum Gasteiger partial charge on any atom is 0.226 e. The second-order valence-electron chi connectivity index (χ2n) is 8.27. The first-order valence-electron chi connectivity index (χ1n) is 9.93. The molecule has 1 radical (unpaired) electrons. The Labute approximate surface area is 195 Å². The third-order valence-electron chi connectivity index (χ3n) is 4.98. The molecule has 7 nitrogen and oxygen atoms in total. The number of unbranched alkanes of at least 4 members (excludes halogenated alkanes) is 2. The van der Waals surface area contributed by atoms with E-state index in [-0.39, 0.29) is 57.0 Å². The molecule has 0 aromatic heterocycles. The predicted molar refractivity (Wildman–Crippen MR) is 107 cm³/mol. The molecule has 0 aromatic carbocycles. The fourth-order valence-electron chi connectivity index (χ4n) is 3.03. The number of nitrogens with one attached hydrogen (secondary N) is 3. The Kier molecular flexibility index (Phi) is 15.3. The molecular weight excluding hydrogens is 435 g/mol. The van der Waals surface area contributed by atoms with Gasteiger partial charge in [-0.25, -0.2) is 0 Å². The number of hydrogen-bond donors (Lipinski definition) is 4. The first-order chi connectivity index (χ1) is 12.5. The van der Waals surface area contributed by atoms with Crippen molar-refractivity contribution in [2.75, 3.05) is 20.1 Å². The van der Waals surface area contributed by atoms with Gasteiger partial charge in [0.1, 0.15) is 0 Å². The van der Waals surface area contributed by atoms with Gasteiger partial charge in [-0.05, 0) is 32.6 Å². The van der Waals surface area contributed by atoms with Crippen molar-refractivity contribution in [2.45, 2.75) is 79.2 Å². The van der Waals surface area contributed by atoms with Crippen LogP contribution in [0.1, 0.15) is 73.1 Å². The molecule has 0 aliphatic carbocycles. The molecule has 4 N–H and O–H groups in total. The van der Waals surface area contributed by atoms with Gasteiger partial charge in [-0.3, -0.25) is 14.4 Å². The zero-order chi connectivity index (χ0) is 21.1. The molecule has 2 unspecified atom stereocenters. The Bertz CT molecular complexity index is 498. The summed E-state index contributed by atoms with van der Waals surface area (Å²) < 4.78 is 0. The van der Waals surface area contributed by atoms with Gasteiger partial charge in [0.05, 0.1) is 6.10 Å². The summed E-state index contributed by atoms with van der Waals surface area (Å²) in [5.74, 6) is -0.175. The minimum Gasteiger partial charge on any atom is -0.392 e. The quantitative estimate of drug-likeness (QED) is 0.305. The summed E-state index contributed by atoms with van der Waals surface area (Å²) in [5.41, 5.74) is -1.36. The van der Waals surface area contributed by atoms with Gasteiger partial charge in [-0.15, -0.1) is 0 Å². The normalized spacial score (nSPS) is 14.2. The Balaban J connectivity index is 0. The summed E-state index contributed by atoms with van der Waals surface area (Å²) in [4.78, 5) is 36.3. The van der Waals surface area contributed by atoms with Gasteiger partial charge in [0, 0.05) is 70.1 Å². The SMILES string of the molecule is CCC(C)(CC(C)(C)C(=O)NCCCCCC(=O)NC)C(=O)NCC(C)O.[Y]. The van der Waals surface area contributed by atoms with E-state index in [4.69, 9.17) is 0 Å². The molecule has 161 valence electrons. The van der Waals surface area contributed by atoms with Crippen LogP contribution in [0, 0.1) is 10.8 Å². The standard InChI is InChI=1S/C20H39N3O4.Y/c1-7-20(5,18(27)23-13-15(2)24)14-19(3,4)17(26)22-12-10-8-9-11-16(25)21-6;/h15,24H,7-14H2,1-6H3,(H,21,25)(H,22,26)(H,23,27);. The monoisotopic (exact) mass is 474 g/mol. The molecule has 3 amide bonds. The third-order valence-corrected chi connectivity index (χ3v) is 4.98. The number of carbonyl (C=O) groups excluding carboxylic acids is 3. The molecule has 0 saturated carbocycles. The minimum atomic E-state index is -0.685. The Hall–Kier alpha value is -0.526. The third kappa shape index (κ3) is 11.5. The van der Waals surface area contributed by atoms with Crippen molar-refractivity contribution in [3.8, 4) is 0 Å². The van der Waals surface area contributed by atoms with E-state index in [0.717, 1.165) is 19.3 Å². The van der Waals surface area contributed by atoms with Crippen LogP contribution in [0.2, 0.25) is 0 Å². The molecule has 0 aliphatic heterocycles. The number of aliphatic hydroxyl groups excluding tert-OH is 1. The smallest absolute Gasteiger partial charge is 0.226 e. The second-order valence-corrected chi connectivity index (χ2v) is 8.27. The average molecular weight is 474 g/mol. The zero-order valence-corrected chi connectivity index (χ0v) is 21.3. The van der Waals surface area contributed by atoms with Crippen LogP contribution in [-0.4, -0.2) is 49.1 Å². The molecule has 0 aromatic rings. The maximum atomic E-state index is 12.6. The predicted octanol–water partition coefficient (Wildman–Crippen LogP) is 1.74. The number of rotatable bonds is 13. The van der Waals surface area contributed by atoms with Crippen LogP contribution in [0.5, 0.6) is 0 Å². The molecule has 0 spiro atoms. The molecule has 0 saturated heterocycles. The van der Waals surface area contributed by atoms with Gasteiger partial charge in [0.15, 0.2) is 0 Å². The van der Waals surface area contributed by atoms with Crippen LogP contribution in [-0.2, 0) is 47.1 Å². The number of aliphatic hydroxyl groups is 1. The van der Waals surface area contributed by atoms with Gasteiger partial charge in [0.2, 0.25) is 17.7 Å². The number of hydrogen-bond acceptors (Lipinski definition) is 4. The van der Waals surface area contributed by atoms with Gasteiger partial charge < -0.3 is 21.1 Å². The molecule has 0 heterocycles. The molecule has 0 rings (SSSR count). The van der Waals surface area contributed by atoms with Crippen LogP contribution in [0.15, 0.2) is 0 Å². The van der Waals surface area contributed by atoms with Crippen molar-refractivity contribution < 1.29 is 52.2 Å². The Morgan fingerprint density at radius 2 is 1.61 bits per heavy atom. The summed E-state index contributed by atoms with van der Waals surface area (Å²) in [6.07, 6.45) is 3.43. The second kappa shape index (κ2) is 14.5. The molecule has 28 heavy (non-hydrogen) atoms. The van der Waals surface area contributed by atoms with Crippen molar-refractivity contribution in [2.24, 2.45) is 10.8 Å². The summed E-state index contributed by atoms with van der Waals surface area (Å²) in [6.45, 7) is 9.88. The molecule has 0 fully saturated rings. The van der Waals surface area contributed by atoms with Crippen molar-refractivity contribution in [1.82, 2.24) is 16.0 Å². The fraction of sp³-hybridized carbons (Fsp3) is 0.850. The van der Waals surface area contributed by atoms with Crippen molar-refractivity contribution in [3.05, 3.63) is 0 Å². The van der Waals surface area contributed by atoms with E-state index >= 15 is 0 Å². The van der Waals surface area contributed by atoms with Crippen LogP contribution in [0.25, 0.3) is 0 Å². The van der Waals surface area contributed by atoms with E-state index in [0.29, 0.717) is 25.8 Å². The summed E-state index contributed by atoms with van der Waals surface area (Å²) in [6, 6.07) is 0. The van der Waals surface area contributed by atoms with Crippen LogP contribution in [0.3, 0.4) is 0 Å². The molecule has 0 bridgehead atoms. The van der Waals surface area contributed by atoms with E-state index < -0.39 is 16.9 Å². The average Bonchev–Trinajstić information content (AvgIpc) is 2.61. The van der Waals surface area contributed by atoms with E-state index in [9.17, 15) is 19.5 Å². The zero-order valence-electron chi connectivity index (χ0n) is 18.5. The van der Waals surface area contributed by atoms with Gasteiger partial charge >= 0.3 is 0 Å². The Morgan fingerprint density at radius 1 is 1.00 bits per heavy atom. The first-order valence-corrected chi connectivity index (χ1v) is 9.93. The molecule has 8 heteroatoms. The number of amides is 3. The van der Waals surface area contributed by atoms with E-state index in [1.54, 1.807) is 14.0 Å². The fourth-order valence-corrected chi connectivity index (χ4v) is 3.03. The van der Waals surface area contributed by atoms with Gasteiger partial charge in [0.25, 0.3) is 0 Å². The summed E-state index contributed by atoms with van der Waals surface area (Å²) in [7, 11) is 1.62. The molecule has 0 aliphatic rings. The van der Waals surface area contributed by atoms with Crippen LogP contribution < -0.4 is 16.0 Å². The van der Waals surface area contributed by atoms with Crippen molar-refractivity contribution in [1.29, 1.82) is 0 Å². The molecule has 2 atom stereocenters. The van der Waals surface area contributed by atoms with Crippen molar-refractivity contribution >= 4 is 17.7 Å². The van der Waals surface area contributed by atoms with E-state index in [1.807, 2.05) is 27.7 Å². The molecular formula is C20H39N3O4Y. The Morgan fingerprint density at radius 3 is 2.11 bits per heavy atom. The largest absolute Gasteiger partial charge is 0.392 e. The minimum absolute atomic E-state index is 0. The van der Waals surface area contributed by atoms with Gasteiger partial charge in [-0.1, -0.05) is 34.1 Å². The first kappa shape index (κ1) is 29.7. The topological polar surface area (TPSA) is 108 Å². The van der Waals surface area contributed by atoms with Crippen LogP contribution in [0.4, 0.5) is 0 Å². The van der Waals surface area contributed by atoms with Crippen LogP contribution >= 0.6 is 0 Å².